The van der Waals surface area contributed by atoms with Crippen LogP contribution in [0, 0.1) is 62.1 Å². The number of ether oxygens (including phenoxy) is 2. The first-order chi connectivity index (χ1) is 24.4. The van der Waals surface area contributed by atoms with Gasteiger partial charge in [0.1, 0.15) is 6.33 Å². The van der Waals surface area contributed by atoms with E-state index in [0.717, 1.165) is 32.1 Å². The fraction of sp³-hybridized carbons (Fsp3) is 0.860. The number of fused-ring (bicyclic) bond motifs is 3. The number of aliphatic carboxylic acids is 1. The van der Waals surface area contributed by atoms with E-state index < -0.39 is 28.3 Å². The summed E-state index contributed by atoms with van der Waals surface area (Å²) >= 11 is 0. The fourth-order valence-corrected chi connectivity index (χ4v) is 12.6. The number of carbonyl (C=O) groups excluding carboxylic acids is 1. The molecule has 0 aromatic carbocycles. The average Bonchev–Trinajstić information content (AvgIpc) is 3.53. The molecule has 1 aromatic heterocycles. The number of hydrogen-bond donors (Lipinski definition) is 3. The van der Waals surface area contributed by atoms with Crippen molar-refractivity contribution in [1.82, 2.24) is 20.1 Å². The Morgan fingerprint density at radius 2 is 1.74 bits per heavy atom. The third-order valence-corrected chi connectivity index (χ3v) is 16.9. The maximum absolute atomic E-state index is 13.7. The summed E-state index contributed by atoms with van der Waals surface area (Å²) in [6.45, 7) is 30.0. The van der Waals surface area contributed by atoms with Crippen LogP contribution in [0.3, 0.4) is 0 Å². The molecule has 10 nitrogen and oxygen atoms in total. The van der Waals surface area contributed by atoms with Crippen LogP contribution >= 0.6 is 0 Å². The van der Waals surface area contributed by atoms with Gasteiger partial charge in [0.05, 0.1) is 37.9 Å². The summed E-state index contributed by atoms with van der Waals surface area (Å²) in [7, 11) is 0. The molecule has 12 atom stereocenters. The van der Waals surface area contributed by atoms with Gasteiger partial charge in [-0.05, 0) is 105 Å². The Morgan fingerprint density at radius 3 is 2.34 bits per heavy atom. The molecule has 10 heteroatoms. The molecule has 53 heavy (non-hydrogen) atoms. The molecule has 298 valence electrons. The number of rotatable bonds is 9. The SMILES string of the molecule is CC(C)NC(=O)c1ncnn1[C@@H]1C[C@@]23COC[C@](C)(C2CC[C@H]2C3=CC[C@@]3(C)[C@H](C(=O)O)[C@@](C)([C@H](C)C(C)C)CC[C@]23C)[C@H]1OC[C@](C)(N)C(C)(C)C. The van der Waals surface area contributed by atoms with Gasteiger partial charge in [-0.15, -0.1) is 0 Å². The molecule has 3 saturated carbocycles. The normalized spacial score (nSPS) is 41.4. The van der Waals surface area contributed by atoms with Crippen LogP contribution in [0.5, 0.6) is 0 Å². The Hall–Kier alpha value is -2.30. The molecule has 4 N–H and O–H groups in total. The van der Waals surface area contributed by atoms with Crippen molar-refractivity contribution in [2.45, 2.75) is 152 Å². The number of hydrogen-bond acceptors (Lipinski definition) is 7. The van der Waals surface area contributed by atoms with E-state index in [1.165, 1.54) is 11.9 Å². The van der Waals surface area contributed by atoms with Gasteiger partial charge in [-0.3, -0.25) is 9.59 Å². The predicted octanol–water partition coefficient (Wildman–Crippen LogP) is 7.69. The van der Waals surface area contributed by atoms with Gasteiger partial charge in [-0.25, -0.2) is 9.67 Å². The van der Waals surface area contributed by atoms with Crippen molar-refractivity contribution < 1.29 is 24.2 Å². The zero-order chi connectivity index (χ0) is 39.3. The van der Waals surface area contributed by atoms with Crippen LogP contribution in [0.15, 0.2) is 18.0 Å². The highest BCUT2D eigenvalue weighted by Crippen LogP contribution is 2.75. The molecule has 1 unspecified atom stereocenters. The second kappa shape index (κ2) is 13.1. The zero-order valence-electron chi connectivity index (χ0n) is 35.1. The summed E-state index contributed by atoms with van der Waals surface area (Å²) < 4.78 is 15.7. The van der Waals surface area contributed by atoms with Gasteiger partial charge in [0.15, 0.2) is 0 Å². The molecule has 0 spiro atoms. The van der Waals surface area contributed by atoms with E-state index in [4.69, 9.17) is 20.3 Å². The Kier molecular flexibility index (Phi) is 10.0. The van der Waals surface area contributed by atoms with Gasteiger partial charge in [0.2, 0.25) is 5.82 Å². The van der Waals surface area contributed by atoms with Crippen molar-refractivity contribution in [2.24, 2.45) is 67.8 Å². The first-order valence-corrected chi connectivity index (χ1v) is 20.5. The summed E-state index contributed by atoms with van der Waals surface area (Å²) in [6, 6.07) is -0.346. The molecular formula is C43H71N5O5. The van der Waals surface area contributed by atoms with Gasteiger partial charge in [-0.2, -0.15) is 5.10 Å². The van der Waals surface area contributed by atoms with Gasteiger partial charge >= 0.3 is 5.97 Å². The van der Waals surface area contributed by atoms with Crippen LogP contribution in [0.1, 0.15) is 145 Å². The quantitative estimate of drug-likeness (QED) is 0.219. The van der Waals surface area contributed by atoms with Gasteiger partial charge < -0.3 is 25.6 Å². The second-order valence-corrected chi connectivity index (χ2v) is 21.2. The van der Waals surface area contributed by atoms with Crippen LogP contribution in [0.2, 0.25) is 0 Å². The van der Waals surface area contributed by atoms with Gasteiger partial charge in [0.25, 0.3) is 5.91 Å². The number of nitrogens with zero attached hydrogens (tertiary/aromatic N) is 3. The van der Waals surface area contributed by atoms with Crippen LogP contribution in [0.25, 0.3) is 0 Å². The maximum atomic E-state index is 13.7. The highest BCUT2D eigenvalue weighted by atomic mass is 16.5. The summed E-state index contributed by atoms with van der Waals surface area (Å²) in [6.07, 6.45) is 8.98. The number of nitrogens with two attached hydrogens (primary N) is 1. The zero-order valence-corrected chi connectivity index (χ0v) is 35.1. The number of carboxylic acid groups (broad SMARTS) is 1. The molecular weight excluding hydrogens is 667 g/mol. The van der Waals surface area contributed by atoms with Crippen molar-refractivity contribution >= 4 is 11.9 Å². The number of allylic oxidation sites excluding steroid dienone is 1. The summed E-state index contributed by atoms with van der Waals surface area (Å²) in [5.41, 5.74) is 5.98. The lowest BCUT2D eigenvalue weighted by atomic mass is 9.34. The van der Waals surface area contributed by atoms with E-state index in [1.807, 2.05) is 18.5 Å². The Balaban J connectivity index is 1.48. The van der Waals surface area contributed by atoms with Crippen molar-refractivity contribution in [3.8, 4) is 0 Å². The van der Waals surface area contributed by atoms with E-state index in [0.29, 0.717) is 38.0 Å². The minimum absolute atomic E-state index is 0.0545. The highest BCUT2D eigenvalue weighted by molar-refractivity contribution is 5.90. The van der Waals surface area contributed by atoms with E-state index in [-0.39, 0.29) is 63.5 Å². The van der Waals surface area contributed by atoms with Crippen molar-refractivity contribution in [1.29, 1.82) is 0 Å². The number of aromatic nitrogens is 3. The Morgan fingerprint density at radius 1 is 1.06 bits per heavy atom. The molecule has 1 aliphatic heterocycles. The largest absolute Gasteiger partial charge is 0.481 e. The third kappa shape index (κ3) is 5.88. The van der Waals surface area contributed by atoms with Crippen molar-refractivity contribution in [2.75, 3.05) is 19.8 Å². The predicted molar refractivity (Wildman–Crippen MR) is 207 cm³/mol. The Bertz CT molecular complexity index is 1610. The molecule has 1 amide bonds. The molecule has 2 bridgehead atoms. The van der Waals surface area contributed by atoms with E-state index >= 15 is 0 Å². The molecule has 5 aliphatic rings. The summed E-state index contributed by atoms with van der Waals surface area (Å²) in [4.78, 5) is 31.7. The second-order valence-electron chi connectivity index (χ2n) is 21.2. The molecule has 1 aromatic rings. The lowest BCUT2D eigenvalue weighted by Gasteiger charge is -2.71. The summed E-state index contributed by atoms with van der Waals surface area (Å²) in [5.74, 6) is 0.139. The number of nitrogens with one attached hydrogen (secondary N) is 1. The molecule has 6 rings (SSSR count). The fourth-order valence-electron chi connectivity index (χ4n) is 12.6. The van der Waals surface area contributed by atoms with Crippen LogP contribution < -0.4 is 11.1 Å². The van der Waals surface area contributed by atoms with E-state index in [2.05, 4.69) is 92.5 Å². The lowest BCUT2D eigenvalue weighted by Crippen LogP contribution is -2.69. The molecule has 4 fully saturated rings. The first kappa shape index (κ1) is 40.4. The molecule has 0 radical (unpaired) electrons. The maximum Gasteiger partial charge on any atom is 0.307 e. The van der Waals surface area contributed by atoms with Crippen LogP contribution in [-0.2, 0) is 14.3 Å². The molecule has 2 heterocycles. The standard InChI is InChI=1S/C43H71N5O5/c1-25(2)27(5)38(9)18-19-40(11)28-14-15-31-39(10)21-52-23-43(31,29(28)16-17-41(40,12)32(38)36(50)51)20-30(33(39)53-22-42(13,44)37(6,7)8)48-34(45-24-46-48)35(49)47-26(3)4/h16,24-28,30-33H,14-15,17-23,44H2,1-13H3,(H,47,49)(H,50,51)/t27-,28+,30-,31?,32-,33+,38-,39-,40-,41+,42+,43+/m1/s1. The van der Waals surface area contributed by atoms with E-state index in [1.54, 1.807) is 0 Å². The minimum Gasteiger partial charge on any atom is -0.481 e. The highest BCUT2D eigenvalue weighted by Gasteiger charge is 2.72. The Labute approximate surface area is 319 Å². The van der Waals surface area contributed by atoms with Crippen LogP contribution in [0.4, 0.5) is 0 Å². The number of carbonyl (C=O) groups is 2. The van der Waals surface area contributed by atoms with Gasteiger partial charge in [0, 0.05) is 22.4 Å². The topological polar surface area (TPSA) is 142 Å². The monoisotopic (exact) mass is 738 g/mol. The van der Waals surface area contributed by atoms with Gasteiger partial charge in [-0.1, -0.05) is 80.9 Å². The summed E-state index contributed by atoms with van der Waals surface area (Å²) in [5, 5.41) is 18.9. The molecule has 4 aliphatic carbocycles. The molecule has 1 saturated heterocycles. The van der Waals surface area contributed by atoms with Crippen molar-refractivity contribution in [3.63, 3.8) is 0 Å². The smallest absolute Gasteiger partial charge is 0.307 e. The average molecular weight is 738 g/mol. The number of amides is 1. The van der Waals surface area contributed by atoms with E-state index in [9.17, 15) is 14.7 Å². The first-order valence-electron chi connectivity index (χ1n) is 20.5. The van der Waals surface area contributed by atoms with Crippen LogP contribution in [-0.4, -0.2) is 69.3 Å². The number of carboxylic acids is 1. The lowest BCUT2D eigenvalue weighted by molar-refractivity contribution is -0.253. The van der Waals surface area contributed by atoms with Crippen molar-refractivity contribution in [3.05, 3.63) is 23.8 Å². The third-order valence-electron chi connectivity index (χ3n) is 16.9. The minimum atomic E-state index is -0.649.